The molecule has 1 fully saturated rings. The van der Waals surface area contributed by atoms with Crippen LogP contribution in [0.1, 0.15) is 89.6 Å². The standard InChI is InChI=1S/C32H41BrClN3O5/c1-19(2)41-26-17-35-16-24-28(30(33)36-29(24)26)20-8-10-37(32(6,7)15-20)11-9-25(38)21-12-22(34)14-23(13-21)40-18-27(39)42-31(3,4)5/h12-14,16-17,19-20,36H,8-11,15,18H2,1-7H3. The highest BCUT2D eigenvalue weighted by Crippen LogP contribution is 2.44. The van der Waals surface area contributed by atoms with Crippen molar-refractivity contribution in [1.82, 2.24) is 14.9 Å². The number of likely N-dealkylation sites (tertiary alicyclic amines) is 1. The number of fused-ring (bicyclic) bond motifs is 1. The number of aromatic amines is 1. The van der Waals surface area contributed by atoms with Gasteiger partial charge >= 0.3 is 5.97 Å². The second kappa shape index (κ2) is 12.9. The number of ketones is 1. The molecule has 42 heavy (non-hydrogen) atoms. The summed E-state index contributed by atoms with van der Waals surface area (Å²) in [7, 11) is 0. The first-order valence-corrected chi connectivity index (χ1v) is 15.6. The van der Waals surface area contributed by atoms with Crippen molar-refractivity contribution < 1.29 is 23.8 Å². The highest BCUT2D eigenvalue weighted by Gasteiger charge is 2.37. The lowest BCUT2D eigenvalue weighted by Crippen LogP contribution is -2.50. The van der Waals surface area contributed by atoms with Crippen LogP contribution in [0.15, 0.2) is 35.2 Å². The smallest absolute Gasteiger partial charge is 0.344 e. The summed E-state index contributed by atoms with van der Waals surface area (Å²) in [6, 6.07) is 4.87. The summed E-state index contributed by atoms with van der Waals surface area (Å²) in [6.07, 6.45) is 5.95. The minimum absolute atomic E-state index is 0.0272. The van der Waals surface area contributed by atoms with Crippen LogP contribution in [0.25, 0.3) is 10.9 Å². The quantitative estimate of drug-likeness (QED) is 0.176. The van der Waals surface area contributed by atoms with Crippen molar-refractivity contribution in [3.63, 3.8) is 0 Å². The summed E-state index contributed by atoms with van der Waals surface area (Å²) >= 11 is 10.1. The maximum atomic E-state index is 13.2. The number of halogens is 2. The molecular formula is C32H41BrClN3O5. The molecule has 1 N–H and O–H groups in total. The van der Waals surface area contributed by atoms with Crippen molar-refractivity contribution in [2.24, 2.45) is 0 Å². The van der Waals surface area contributed by atoms with Gasteiger partial charge in [0.1, 0.15) is 11.4 Å². The maximum Gasteiger partial charge on any atom is 0.344 e. The van der Waals surface area contributed by atoms with Gasteiger partial charge in [0.2, 0.25) is 0 Å². The zero-order valence-electron chi connectivity index (χ0n) is 25.5. The summed E-state index contributed by atoms with van der Waals surface area (Å²) < 4.78 is 17.8. The number of pyridine rings is 1. The molecule has 0 aliphatic carbocycles. The number of piperidine rings is 1. The first kappa shape index (κ1) is 32.3. The van der Waals surface area contributed by atoms with Gasteiger partial charge in [-0.2, -0.15) is 0 Å². The van der Waals surface area contributed by atoms with Gasteiger partial charge in [-0.3, -0.25) is 14.7 Å². The van der Waals surface area contributed by atoms with E-state index < -0.39 is 11.6 Å². The minimum atomic E-state index is -0.604. The molecule has 8 nitrogen and oxygen atoms in total. The first-order chi connectivity index (χ1) is 19.6. The molecule has 0 spiro atoms. The summed E-state index contributed by atoms with van der Waals surface area (Å²) in [4.78, 5) is 35.6. The van der Waals surface area contributed by atoms with Crippen molar-refractivity contribution in [3.8, 4) is 11.5 Å². The topological polar surface area (TPSA) is 93.8 Å². The zero-order chi connectivity index (χ0) is 30.8. The molecule has 0 amide bonds. The highest BCUT2D eigenvalue weighted by molar-refractivity contribution is 9.10. The third kappa shape index (κ3) is 8.05. The van der Waals surface area contributed by atoms with Gasteiger partial charge in [0, 0.05) is 40.7 Å². The van der Waals surface area contributed by atoms with Gasteiger partial charge in [0.15, 0.2) is 18.1 Å². The van der Waals surface area contributed by atoms with Crippen molar-refractivity contribution >= 4 is 50.2 Å². The van der Waals surface area contributed by atoms with Gasteiger partial charge in [0.05, 0.1) is 22.4 Å². The van der Waals surface area contributed by atoms with Gasteiger partial charge < -0.3 is 19.2 Å². The summed E-state index contributed by atoms with van der Waals surface area (Å²) in [5.74, 6) is 0.924. The van der Waals surface area contributed by atoms with E-state index in [9.17, 15) is 9.59 Å². The Labute approximate surface area is 261 Å². The number of H-pyrrole nitrogens is 1. The van der Waals surface area contributed by atoms with Crippen LogP contribution < -0.4 is 9.47 Å². The Kier molecular flexibility index (Phi) is 9.95. The molecule has 228 valence electrons. The molecule has 1 aliphatic rings. The highest BCUT2D eigenvalue weighted by atomic mass is 79.9. The molecule has 3 heterocycles. The number of carbonyl (C=O) groups excluding carboxylic acids is 2. The fourth-order valence-electron chi connectivity index (χ4n) is 5.62. The lowest BCUT2D eigenvalue weighted by molar-refractivity contribution is -0.157. The molecule has 0 bridgehead atoms. The minimum Gasteiger partial charge on any atom is -0.487 e. The van der Waals surface area contributed by atoms with Crippen LogP contribution in [0, 0.1) is 0 Å². The molecular weight excluding hydrogens is 622 g/mol. The van der Waals surface area contributed by atoms with Crippen LogP contribution in [0.5, 0.6) is 11.5 Å². The van der Waals surface area contributed by atoms with Crippen LogP contribution in [0.2, 0.25) is 5.02 Å². The molecule has 4 rings (SSSR count). The van der Waals surface area contributed by atoms with Gasteiger partial charge in [-0.15, -0.1) is 0 Å². The van der Waals surface area contributed by atoms with Gasteiger partial charge in [-0.1, -0.05) is 11.6 Å². The van der Waals surface area contributed by atoms with E-state index in [0.717, 1.165) is 40.6 Å². The molecule has 0 radical (unpaired) electrons. The molecule has 1 unspecified atom stereocenters. The number of esters is 1. The van der Waals surface area contributed by atoms with Gasteiger partial charge in [-0.25, -0.2) is 4.79 Å². The van der Waals surface area contributed by atoms with Crippen LogP contribution in [-0.2, 0) is 9.53 Å². The van der Waals surface area contributed by atoms with Crippen molar-refractivity contribution in [3.05, 3.63) is 51.3 Å². The molecule has 1 atom stereocenters. The van der Waals surface area contributed by atoms with Crippen LogP contribution in [0.4, 0.5) is 0 Å². The predicted octanol–water partition coefficient (Wildman–Crippen LogP) is 7.72. The summed E-state index contributed by atoms with van der Waals surface area (Å²) in [6.45, 7) is 15.1. The van der Waals surface area contributed by atoms with E-state index in [1.54, 1.807) is 45.2 Å². The molecule has 1 saturated heterocycles. The Hall–Kier alpha value is -2.62. The lowest BCUT2D eigenvalue weighted by atomic mass is 9.79. The summed E-state index contributed by atoms with van der Waals surface area (Å²) in [5, 5.41) is 1.46. The Bertz CT molecular complexity index is 1450. The van der Waals surface area contributed by atoms with Gasteiger partial charge in [-0.05, 0) is 113 Å². The monoisotopic (exact) mass is 661 g/mol. The van der Waals surface area contributed by atoms with Crippen LogP contribution >= 0.6 is 27.5 Å². The van der Waals surface area contributed by atoms with Crippen molar-refractivity contribution in [2.45, 2.75) is 90.9 Å². The number of nitrogens with zero attached hydrogens (tertiary/aromatic N) is 2. The van der Waals surface area contributed by atoms with E-state index in [0.29, 0.717) is 35.2 Å². The Morgan fingerprint density at radius 3 is 2.62 bits per heavy atom. The number of carbonyl (C=O) groups is 2. The number of hydrogen-bond donors (Lipinski definition) is 1. The van der Waals surface area contributed by atoms with Crippen molar-refractivity contribution in [1.29, 1.82) is 0 Å². The van der Waals surface area contributed by atoms with Gasteiger partial charge in [0.25, 0.3) is 0 Å². The fraction of sp³-hybridized carbons (Fsp3) is 0.531. The van der Waals surface area contributed by atoms with Crippen molar-refractivity contribution in [2.75, 3.05) is 19.7 Å². The third-order valence-corrected chi connectivity index (χ3v) is 8.22. The Morgan fingerprint density at radius 2 is 1.95 bits per heavy atom. The number of hydrogen-bond acceptors (Lipinski definition) is 7. The number of aromatic nitrogens is 2. The van der Waals surface area contributed by atoms with Crippen LogP contribution in [-0.4, -0.2) is 63.6 Å². The zero-order valence-corrected chi connectivity index (χ0v) is 27.8. The number of Topliss-reactive ketones (excluding diaryl/α,β-unsaturated/α-hetero) is 1. The fourth-order valence-corrected chi connectivity index (χ4v) is 6.58. The average molecular weight is 663 g/mol. The second-order valence-electron chi connectivity index (χ2n) is 12.8. The van der Waals surface area contributed by atoms with E-state index >= 15 is 0 Å². The molecule has 3 aromatic rings. The molecule has 1 aliphatic heterocycles. The number of nitrogens with one attached hydrogen (secondary N) is 1. The predicted molar refractivity (Wildman–Crippen MR) is 169 cm³/mol. The second-order valence-corrected chi connectivity index (χ2v) is 14.0. The normalized spacial score (nSPS) is 17.4. The van der Waals surface area contributed by atoms with E-state index in [-0.39, 0.29) is 24.0 Å². The molecule has 10 heteroatoms. The average Bonchev–Trinajstić information content (AvgIpc) is 3.21. The Morgan fingerprint density at radius 1 is 1.21 bits per heavy atom. The Balaban J connectivity index is 1.40. The molecule has 2 aromatic heterocycles. The number of ether oxygens (including phenoxy) is 3. The van der Waals surface area contributed by atoms with E-state index in [1.165, 1.54) is 5.56 Å². The van der Waals surface area contributed by atoms with E-state index in [2.05, 4.69) is 44.6 Å². The lowest BCUT2D eigenvalue weighted by Gasteiger charge is -2.46. The number of benzene rings is 1. The summed E-state index contributed by atoms with van der Waals surface area (Å²) in [5.41, 5.74) is 1.93. The molecule has 0 saturated carbocycles. The van der Waals surface area contributed by atoms with E-state index in [4.69, 9.17) is 25.8 Å². The van der Waals surface area contributed by atoms with Crippen LogP contribution in [0.3, 0.4) is 0 Å². The maximum absolute atomic E-state index is 13.2. The third-order valence-electron chi connectivity index (χ3n) is 7.37. The molecule has 1 aromatic carbocycles. The number of rotatable bonds is 10. The first-order valence-electron chi connectivity index (χ1n) is 14.4. The van der Waals surface area contributed by atoms with E-state index in [1.807, 2.05) is 20.0 Å². The largest absolute Gasteiger partial charge is 0.487 e. The SMILES string of the molecule is CC(C)Oc1cncc2c(C3CCN(CCC(=O)c4cc(Cl)cc(OCC(=O)OC(C)(C)C)c4)C(C)(C)C3)c(Br)[nH]c12.